The van der Waals surface area contributed by atoms with Crippen molar-refractivity contribution < 1.29 is 17.6 Å². The Kier molecular flexibility index (Phi) is 4.45. The molecule has 0 spiro atoms. The van der Waals surface area contributed by atoms with Crippen LogP contribution < -0.4 is 5.32 Å². The van der Waals surface area contributed by atoms with E-state index in [0.717, 1.165) is 0 Å². The molecule has 2 heterocycles. The monoisotopic (exact) mass is 385 g/mol. The van der Waals surface area contributed by atoms with Gasteiger partial charge in [-0.2, -0.15) is 4.31 Å². The highest BCUT2D eigenvalue weighted by Gasteiger charge is 2.39. The van der Waals surface area contributed by atoms with E-state index in [0.29, 0.717) is 42.1 Å². The first kappa shape index (κ1) is 17.7. The number of aromatic nitrogens is 1. The normalized spacial score (nSPS) is 18.0. The Morgan fingerprint density at radius 3 is 2.78 bits per heavy atom. The average molecular weight is 385 g/mol. The summed E-state index contributed by atoms with van der Waals surface area (Å²) in [6.07, 6.45) is 1.13. The molecule has 1 N–H and O–H groups in total. The van der Waals surface area contributed by atoms with Crippen molar-refractivity contribution in [1.29, 1.82) is 0 Å². The van der Waals surface area contributed by atoms with E-state index in [1.165, 1.54) is 4.31 Å². The van der Waals surface area contributed by atoms with Crippen molar-refractivity contribution in [3.05, 3.63) is 54.4 Å². The number of benzene rings is 2. The Bertz CT molecular complexity index is 1090. The summed E-state index contributed by atoms with van der Waals surface area (Å²) in [6.45, 7) is 2.08. The highest BCUT2D eigenvalue weighted by atomic mass is 32.2. The molecule has 3 aromatic rings. The van der Waals surface area contributed by atoms with Crippen LogP contribution in [-0.4, -0.2) is 36.2 Å². The lowest BCUT2D eigenvalue weighted by Crippen LogP contribution is -2.43. The highest BCUT2D eigenvalue weighted by molar-refractivity contribution is 7.89. The number of hydrogen-bond acceptors (Lipinski definition) is 5. The van der Waals surface area contributed by atoms with Gasteiger partial charge in [0.25, 0.3) is 0 Å². The molecular weight excluding hydrogens is 366 g/mol. The van der Waals surface area contributed by atoms with Gasteiger partial charge in [-0.3, -0.25) is 4.79 Å². The SMILES string of the molecule is Cc1nc2cc(NC(=O)C3CCCN3S(=O)(=O)c3ccccc3)ccc2o1. The van der Waals surface area contributed by atoms with Crippen LogP contribution in [0.2, 0.25) is 0 Å². The molecule has 1 saturated heterocycles. The first-order valence-electron chi connectivity index (χ1n) is 8.70. The second kappa shape index (κ2) is 6.79. The predicted molar refractivity (Wildman–Crippen MR) is 101 cm³/mol. The number of hydrogen-bond donors (Lipinski definition) is 1. The number of anilines is 1. The Morgan fingerprint density at radius 2 is 2.00 bits per heavy atom. The molecule has 8 heteroatoms. The van der Waals surface area contributed by atoms with Crippen molar-refractivity contribution in [3.8, 4) is 0 Å². The molecule has 0 aliphatic carbocycles. The molecule has 1 aromatic heterocycles. The zero-order valence-corrected chi connectivity index (χ0v) is 15.6. The van der Waals surface area contributed by atoms with Gasteiger partial charge in [0.05, 0.1) is 4.90 Å². The van der Waals surface area contributed by atoms with Gasteiger partial charge in [0, 0.05) is 19.2 Å². The van der Waals surface area contributed by atoms with Crippen LogP contribution in [0.15, 0.2) is 57.8 Å². The van der Waals surface area contributed by atoms with Crippen LogP contribution in [0.5, 0.6) is 0 Å². The van der Waals surface area contributed by atoms with Crippen molar-refractivity contribution in [2.45, 2.75) is 30.7 Å². The molecule has 2 aromatic carbocycles. The number of sulfonamides is 1. The van der Waals surface area contributed by atoms with Crippen molar-refractivity contribution >= 4 is 32.7 Å². The van der Waals surface area contributed by atoms with Crippen LogP contribution in [0.4, 0.5) is 5.69 Å². The average Bonchev–Trinajstić information content (AvgIpc) is 3.28. The van der Waals surface area contributed by atoms with Gasteiger partial charge in [-0.05, 0) is 43.2 Å². The van der Waals surface area contributed by atoms with Gasteiger partial charge in [-0.25, -0.2) is 13.4 Å². The molecule has 27 heavy (non-hydrogen) atoms. The van der Waals surface area contributed by atoms with Gasteiger partial charge in [0.15, 0.2) is 11.5 Å². The number of fused-ring (bicyclic) bond motifs is 1. The maximum atomic E-state index is 12.9. The number of aryl methyl sites for hydroxylation is 1. The molecule has 1 fully saturated rings. The van der Waals surface area contributed by atoms with E-state index in [4.69, 9.17) is 4.42 Å². The summed E-state index contributed by atoms with van der Waals surface area (Å²) in [5.41, 5.74) is 1.84. The summed E-state index contributed by atoms with van der Waals surface area (Å²) < 4.78 is 32.5. The summed E-state index contributed by atoms with van der Waals surface area (Å²) in [6, 6.07) is 12.6. The first-order valence-corrected chi connectivity index (χ1v) is 10.1. The number of carbonyl (C=O) groups excluding carboxylic acids is 1. The minimum atomic E-state index is -3.71. The van der Waals surface area contributed by atoms with Crippen LogP contribution in [0.25, 0.3) is 11.1 Å². The molecule has 1 unspecified atom stereocenters. The molecule has 0 bridgehead atoms. The van der Waals surface area contributed by atoms with Crippen LogP contribution >= 0.6 is 0 Å². The fraction of sp³-hybridized carbons (Fsp3) is 0.263. The Morgan fingerprint density at radius 1 is 1.22 bits per heavy atom. The van der Waals surface area contributed by atoms with Gasteiger partial charge in [-0.1, -0.05) is 18.2 Å². The van der Waals surface area contributed by atoms with Gasteiger partial charge in [0.1, 0.15) is 11.6 Å². The molecule has 7 nitrogen and oxygen atoms in total. The smallest absolute Gasteiger partial charge is 0.243 e. The summed E-state index contributed by atoms with van der Waals surface area (Å²) in [5.74, 6) is 0.205. The van der Waals surface area contributed by atoms with E-state index >= 15 is 0 Å². The lowest BCUT2D eigenvalue weighted by molar-refractivity contribution is -0.119. The topological polar surface area (TPSA) is 92.5 Å². The molecule has 1 aliphatic heterocycles. The number of carbonyl (C=O) groups is 1. The second-order valence-corrected chi connectivity index (χ2v) is 8.38. The lowest BCUT2D eigenvalue weighted by atomic mass is 10.2. The number of nitrogens with zero attached hydrogens (tertiary/aromatic N) is 2. The first-order chi connectivity index (χ1) is 12.9. The molecule has 0 radical (unpaired) electrons. The van der Waals surface area contributed by atoms with Crippen LogP contribution in [0.3, 0.4) is 0 Å². The Balaban J connectivity index is 1.56. The summed E-state index contributed by atoms with van der Waals surface area (Å²) in [5, 5.41) is 2.81. The summed E-state index contributed by atoms with van der Waals surface area (Å²) in [7, 11) is -3.71. The molecule has 140 valence electrons. The molecule has 4 rings (SSSR count). The van der Waals surface area contributed by atoms with Crippen molar-refractivity contribution in [2.24, 2.45) is 0 Å². The van der Waals surface area contributed by atoms with Crippen molar-refractivity contribution in [1.82, 2.24) is 9.29 Å². The standard InChI is InChI=1S/C19H19N3O4S/c1-13-20-16-12-14(9-10-18(16)26-13)21-19(23)17-8-5-11-22(17)27(24,25)15-6-3-2-4-7-15/h2-4,6-7,9-10,12,17H,5,8,11H2,1H3,(H,21,23). The van der Waals surface area contributed by atoms with Gasteiger partial charge < -0.3 is 9.73 Å². The van der Waals surface area contributed by atoms with E-state index in [-0.39, 0.29) is 10.8 Å². The highest BCUT2D eigenvalue weighted by Crippen LogP contribution is 2.27. The van der Waals surface area contributed by atoms with E-state index in [1.807, 2.05) is 0 Å². The zero-order chi connectivity index (χ0) is 19.0. The molecular formula is C19H19N3O4S. The largest absolute Gasteiger partial charge is 0.441 e. The van der Waals surface area contributed by atoms with E-state index < -0.39 is 16.1 Å². The molecule has 1 amide bonds. The fourth-order valence-corrected chi connectivity index (χ4v) is 5.04. The van der Waals surface area contributed by atoms with Crippen LogP contribution in [-0.2, 0) is 14.8 Å². The third-order valence-corrected chi connectivity index (χ3v) is 6.54. The Labute approximate surface area is 157 Å². The third-order valence-electron chi connectivity index (χ3n) is 4.62. The van der Waals surface area contributed by atoms with Crippen molar-refractivity contribution in [2.75, 3.05) is 11.9 Å². The minimum Gasteiger partial charge on any atom is -0.441 e. The van der Waals surface area contributed by atoms with E-state index in [2.05, 4.69) is 10.3 Å². The van der Waals surface area contributed by atoms with Gasteiger partial charge in [-0.15, -0.1) is 0 Å². The van der Waals surface area contributed by atoms with Gasteiger partial charge >= 0.3 is 0 Å². The number of oxazole rings is 1. The maximum Gasteiger partial charge on any atom is 0.243 e. The third kappa shape index (κ3) is 3.33. The number of nitrogens with one attached hydrogen (secondary N) is 1. The molecule has 1 aliphatic rings. The fourth-order valence-electron chi connectivity index (χ4n) is 3.36. The predicted octanol–water partition coefficient (Wildman–Crippen LogP) is 2.93. The number of rotatable bonds is 4. The minimum absolute atomic E-state index is 0.198. The van der Waals surface area contributed by atoms with E-state index in [1.54, 1.807) is 55.5 Å². The quantitative estimate of drug-likeness (QED) is 0.745. The van der Waals surface area contributed by atoms with Gasteiger partial charge in [0.2, 0.25) is 15.9 Å². The Hall–Kier alpha value is -2.71. The zero-order valence-electron chi connectivity index (χ0n) is 14.8. The van der Waals surface area contributed by atoms with Crippen LogP contribution in [0.1, 0.15) is 18.7 Å². The van der Waals surface area contributed by atoms with E-state index in [9.17, 15) is 13.2 Å². The summed E-state index contributed by atoms with van der Waals surface area (Å²) >= 11 is 0. The number of amides is 1. The second-order valence-electron chi connectivity index (χ2n) is 6.49. The lowest BCUT2D eigenvalue weighted by Gasteiger charge is -2.23. The van der Waals surface area contributed by atoms with Crippen LogP contribution in [0, 0.1) is 6.92 Å². The van der Waals surface area contributed by atoms with Crippen molar-refractivity contribution in [3.63, 3.8) is 0 Å². The summed E-state index contributed by atoms with van der Waals surface area (Å²) in [4.78, 5) is 17.2. The maximum absolute atomic E-state index is 12.9. The molecule has 1 atom stereocenters. The molecule has 0 saturated carbocycles.